The molecule has 4 heteroatoms. The van der Waals surface area contributed by atoms with Crippen LogP contribution in [-0.2, 0) is 0 Å². The number of aromatic nitrogens is 1. The molecule has 0 atom stereocenters. The molecule has 2 rings (SSSR count). The summed E-state index contributed by atoms with van der Waals surface area (Å²) in [5.41, 5.74) is 6.81. The lowest BCUT2D eigenvalue weighted by molar-refractivity contribution is 0.244. The van der Waals surface area contributed by atoms with Gasteiger partial charge in [0.05, 0.1) is 0 Å². The molecule has 0 amide bonds. The highest BCUT2D eigenvalue weighted by molar-refractivity contribution is 5.72. The highest BCUT2D eigenvalue weighted by atomic mass is 16.6. The lowest BCUT2D eigenvalue weighted by atomic mass is 10.3. The van der Waals surface area contributed by atoms with Crippen LogP contribution in [0.15, 0.2) is 28.7 Å². The van der Waals surface area contributed by atoms with Gasteiger partial charge in [-0.3, -0.25) is 0 Å². The van der Waals surface area contributed by atoms with Crippen LogP contribution in [0.4, 0.5) is 0 Å². The van der Waals surface area contributed by atoms with Crippen molar-refractivity contribution in [2.75, 3.05) is 13.2 Å². The summed E-state index contributed by atoms with van der Waals surface area (Å²) in [6.45, 7) is 0.881. The first-order valence-electron chi connectivity index (χ1n) is 4.08. The predicted molar refractivity (Wildman–Crippen MR) is 48.6 cm³/mol. The maximum Gasteiger partial charge on any atom is 0.394 e. The fraction of sp³-hybridized carbons (Fsp3) is 0.222. The summed E-state index contributed by atoms with van der Waals surface area (Å²) < 4.78 is 10.4. The van der Waals surface area contributed by atoms with E-state index in [-0.39, 0.29) is 6.08 Å². The Bertz CT molecular complexity index is 364. The molecule has 0 saturated heterocycles. The molecule has 0 fully saturated rings. The number of rotatable bonds is 3. The molecule has 0 bridgehead atoms. The second-order valence-corrected chi connectivity index (χ2v) is 2.58. The fourth-order valence-corrected chi connectivity index (χ4v) is 1.06. The first-order chi connectivity index (χ1) is 6.40. The number of oxazole rings is 1. The molecule has 1 aromatic carbocycles. The molecule has 13 heavy (non-hydrogen) atoms. The topological polar surface area (TPSA) is 61.3 Å². The van der Waals surface area contributed by atoms with Gasteiger partial charge in [-0.1, -0.05) is 12.1 Å². The van der Waals surface area contributed by atoms with Gasteiger partial charge in [-0.2, -0.15) is 4.98 Å². The Labute approximate surface area is 75.3 Å². The van der Waals surface area contributed by atoms with E-state index in [0.29, 0.717) is 13.2 Å². The Morgan fingerprint density at radius 2 is 2.23 bits per heavy atom. The van der Waals surface area contributed by atoms with Crippen molar-refractivity contribution >= 4 is 11.1 Å². The first-order valence-corrected chi connectivity index (χ1v) is 4.08. The van der Waals surface area contributed by atoms with Crippen LogP contribution in [0.1, 0.15) is 0 Å². The van der Waals surface area contributed by atoms with Crippen molar-refractivity contribution < 1.29 is 9.15 Å². The van der Waals surface area contributed by atoms with Crippen LogP contribution in [0, 0.1) is 0 Å². The Morgan fingerprint density at radius 3 is 3.00 bits per heavy atom. The van der Waals surface area contributed by atoms with Crippen molar-refractivity contribution in [3.05, 3.63) is 24.3 Å². The summed E-state index contributed by atoms with van der Waals surface area (Å²) in [6.07, 6.45) is 0.284. The summed E-state index contributed by atoms with van der Waals surface area (Å²) >= 11 is 0. The third kappa shape index (κ3) is 1.62. The molecular weight excluding hydrogens is 168 g/mol. The Balaban J connectivity index is 2.28. The molecule has 0 saturated carbocycles. The van der Waals surface area contributed by atoms with Crippen molar-refractivity contribution in [1.82, 2.24) is 4.98 Å². The zero-order valence-corrected chi connectivity index (χ0v) is 7.06. The standard InChI is InChI=1S/C9H10N2O2/c10-5-6-12-9-11-7-3-1-2-4-8(7)13-9/h1-4H,5-6,10H2. The van der Waals surface area contributed by atoms with Gasteiger partial charge in [0.1, 0.15) is 12.1 Å². The number of fused-ring (bicyclic) bond motifs is 1. The third-order valence-corrected chi connectivity index (χ3v) is 1.62. The number of hydrogen-bond acceptors (Lipinski definition) is 4. The molecule has 1 heterocycles. The number of ether oxygens (including phenoxy) is 1. The molecular formula is C9H10N2O2. The normalized spacial score (nSPS) is 10.5. The fourth-order valence-electron chi connectivity index (χ4n) is 1.06. The zero-order valence-electron chi connectivity index (χ0n) is 7.06. The molecule has 0 aliphatic rings. The van der Waals surface area contributed by atoms with E-state index >= 15 is 0 Å². The summed E-state index contributed by atoms with van der Waals surface area (Å²) in [5.74, 6) is 0. The highest BCUT2D eigenvalue weighted by Crippen LogP contribution is 2.19. The Hall–Kier alpha value is -1.55. The lowest BCUT2D eigenvalue weighted by Gasteiger charge is -1.94. The number of nitrogens with zero attached hydrogens (tertiary/aromatic N) is 1. The van der Waals surface area contributed by atoms with Crippen molar-refractivity contribution in [3.63, 3.8) is 0 Å². The quantitative estimate of drug-likeness (QED) is 0.766. The molecule has 1 aromatic heterocycles. The first kappa shape index (κ1) is 8.07. The van der Waals surface area contributed by atoms with Gasteiger partial charge in [0, 0.05) is 6.54 Å². The SMILES string of the molecule is NCCOc1nc2ccccc2o1. The van der Waals surface area contributed by atoms with E-state index in [9.17, 15) is 0 Å². The highest BCUT2D eigenvalue weighted by Gasteiger charge is 2.04. The van der Waals surface area contributed by atoms with Crippen molar-refractivity contribution in [3.8, 4) is 6.08 Å². The smallest absolute Gasteiger partial charge is 0.394 e. The van der Waals surface area contributed by atoms with Gasteiger partial charge in [0.2, 0.25) is 0 Å². The molecule has 4 nitrogen and oxygen atoms in total. The summed E-state index contributed by atoms with van der Waals surface area (Å²) in [6, 6.07) is 7.50. The van der Waals surface area contributed by atoms with Gasteiger partial charge in [-0.25, -0.2) is 0 Å². The van der Waals surface area contributed by atoms with Crippen molar-refractivity contribution in [2.45, 2.75) is 0 Å². The summed E-state index contributed by atoms with van der Waals surface area (Å²) in [5, 5.41) is 0. The van der Waals surface area contributed by atoms with E-state index in [1.165, 1.54) is 0 Å². The lowest BCUT2D eigenvalue weighted by Crippen LogP contribution is -2.10. The Morgan fingerprint density at radius 1 is 1.38 bits per heavy atom. The van der Waals surface area contributed by atoms with E-state index in [1.807, 2.05) is 24.3 Å². The number of hydrogen-bond donors (Lipinski definition) is 1. The van der Waals surface area contributed by atoms with E-state index in [2.05, 4.69) is 4.98 Å². The van der Waals surface area contributed by atoms with Gasteiger partial charge in [-0.05, 0) is 12.1 Å². The van der Waals surface area contributed by atoms with Crippen molar-refractivity contribution in [1.29, 1.82) is 0 Å². The molecule has 0 spiro atoms. The van der Waals surface area contributed by atoms with Gasteiger partial charge in [0.15, 0.2) is 5.58 Å². The van der Waals surface area contributed by atoms with Crippen molar-refractivity contribution in [2.24, 2.45) is 5.73 Å². The van der Waals surface area contributed by atoms with Crippen LogP contribution in [0.5, 0.6) is 6.08 Å². The maximum absolute atomic E-state index is 5.28. The van der Waals surface area contributed by atoms with Gasteiger partial charge < -0.3 is 14.9 Å². The minimum Gasteiger partial charge on any atom is -0.449 e. The largest absolute Gasteiger partial charge is 0.449 e. The van der Waals surface area contributed by atoms with E-state index in [1.54, 1.807) is 0 Å². The molecule has 2 aromatic rings. The Kier molecular flexibility index (Phi) is 2.14. The van der Waals surface area contributed by atoms with E-state index in [4.69, 9.17) is 14.9 Å². The second-order valence-electron chi connectivity index (χ2n) is 2.58. The monoisotopic (exact) mass is 178 g/mol. The number of para-hydroxylation sites is 2. The maximum atomic E-state index is 5.28. The molecule has 68 valence electrons. The predicted octanol–water partition coefficient (Wildman–Crippen LogP) is 1.17. The molecule has 2 N–H and O–H groups in total. The second kappa shape index (κ2) is 3.45. The van der Waals surface area contributed by atoms with Gasteiger partial charge in [-0.15, -0.1) is 0 Å². The summed E-state index contributed by atoms with van der Waals surface area (Å²) in [4.78, 5) is 4.11. The number of nitrogens with two attached hydrogens (primary N) is 1. The molecule has 0 aliphatic heterocycles. The molecule has 0 radical (unpaired) electrons. The van der Waals surface area contributed by atoms with Gasteiger partial charge in [0.25, 0.3) is 0 Å². The third-order valence-electron chi connectivity index (χ3n) is 1.62. The van der Waals surface area contributed by atoms with Crippen LogP contribution in [-0.4, -0.2) is 18.1 Å². The molecule has 0 unspecified atom stereocenters. The van der Waals surface area contributed by atoms with Crippen LogP contribution in [0.3, 0.4) is 0 Å². The minimum atomic E-state index is 0.284. The van der Waals surface area contributed by atoms with Crippen LogP contribution in [0.2, 0.25) is 0 Å². The zero-order chi connectivity index (χ0) is 9.10. The average Bonchev–Trinajstić information content (AvgIpc) is 2.57. The van der Waals surface area contributed by atoms with E-state index in [0.717, 1.165) is 11.1 Å². The number of benzene rings is 1. The molecule has 0 aliphatic carbocycles. The van der Waals surface area contributed by atoms with Gasteiger partial charge >= 0.3 is 6.08 Å². The van der Waals surface area contributed by atoms with E-state index < -0.39 is 0 Å². The van der Waals surface area contributed by atoms with Crippen LogP contribution >= 0.6 is 0 Å². The minimum absolute atomic E-state index is 0.284. The van der Waals surface area contributed by atoms with Crippen LogP contribution in [0.25, 0.3) is 11.1 Å². The summed E-state index contributed by atoms with van der Waals surface area (Å²) in [7, 11) is 0. The average molecular weight is 178 g/mol. The van der Waals surface area contributed by atoms with Crippen LogP contribution < -0.4 is 10.5 Å².